The largest absolute Gasteiger partial charge is 0.388 e. The molecular formula is C16H16O2S. The first-order valence-corrected chi connectivity index (χ1v) is 7.12. The molecule has 0 aliphatic carbocycles. The Morgan fingerprint density at radius 1 is 1.11 bits per heavy atom. The van der Waals surface area contributed by atoms with Crippen LogP contribution in [-0.2, 0) is 0 Å². The molecule has 3 heteroatoms. The van der Waals surface area contributed by atoms with E-state index in [9.17, 15) is 9.90 Å². The third-order valence-corrected chi connectivity index (χ3v) is 3.94. The van der Waals surface area contributed by atoms with Crippen molar-refractivity contribution >= 4 is 17.5 Å². The molecule has 0 saturated carbocycles. The van der Waals surface area contributed by atoms with Gasteiger partial charge in [-0.15, -0.1) is 11.8 Å². The van der Waals surface area contributed by atoms with E-state index in [1.807, 2.05) is 54.6 Å². The van der Waals surface area contributed by atoms with Crippen molar-refractivity contribution in [2.75, 3.05) is 5.75 Å². The zero-order valence-electron chi connectivity index (χ0n) is 10.7. The number of carbonyl (C=O) groups excluding carboxylic acids is 1. The summed E-state index contributed by atoms with van der Waals surface area (Å²) in [7, 11) is 0. The SMILES string of the molecule is CC(=O)c1ccc(SCC(O)c2ccccc2)cc1. The number of benzene rings is 2. The summed E-state index contributed by atoms with van der Waals surface area (Å²) >= 11 is 1.58. The topological polar surface area (TPSA) is 37.3 Å². The van der Waals surface area contributed by atoms with E-state index in [4.69, 9.17) is 0 Å². The van der Waals surface area contributed by atoms with Gasteiger partial charge in [-0.25, -0.2) is 0 Å². The van der Waals surface area contributed by atoms with Crippen LogP contribution in [-0.4, -0.2) is 16.6 Å². The van der Waals surface area contributed by atoms with Gasteiger partial charge in [0, 0.05) is 16.2 Å². The minimum absolute atomic E-state index is 0.0703. The molecule has 2 aromatic carbocycles. The zero-order valence-corrected chi connectivity index (χ0v) is 11.6. The second-order valence-electron chi connectivity index (χ2n) is 4.32. The van der Waals surface area contributed by atoms with Crippen molar-refractivity contribution in [1.82, 2.24) is 0 Å². The van der Waals surface area contributed by atoms with Gasteiger partial charge in [-0.1, -0.05) is 42.5 Å². The smallest absolute Gasteiger partial charge is 0.159 e. The quantitative estimate of drug-likeness (QED) is 0.666. The number of ketones is 1. The van der Waals surface area contributed by atoms with E-state index >= 15 is 0 Å². The molecule has 1 N–H and O–H groups in total. The highest BCUT2D eigenvalue weighted by Gasteiger charge is 2.07. The van der Waals surface area contributed by atoms with E-state index in [-0.39, 0.29) is 5.78 Å². The fourth-order valence-electron chi connectivity index (χ4n) is 1.73. The standard InChI is InChI=1S/C16H16O2S/c1-12(17)13-7-9-15(10-8-13)19-11-16(18)14-5-3-2-4-6-14/h2-10,16,18H,11H2,1H3. The van der Waals surface area contributed by atoms with Gasteiger partial charge in [0.25, 0.3) is 0 Å². The Hall–Kier alpha value is -1.58. The van der Waals surface area contributed by atoms with E-state index in [0.717, 1.165) is 10.5 Å². The molecule has 98 valence electrons. The first kappa shape index (κ1) is 13.8. The summed E-state index contributed by atoms with van der Waals surface area (Å²) in [5.41, 5.74) is 1.64. The zero-order chi connectivity index (χ0) is 13.7. The van der Waals surface area contributed by atoms with Crippen molar-refractivity contribution in [3.05, 3.63) is 65.7 Å². The van der Waals surface area contributed by atoms with Crippen LogP contribution in [0.5, 0.6) is 0 Å². The average Bonchev–Trinajstić information content (AvgIpc) is 2.46. The van der Waals surface area contributed by atoms with Crippen LogP contribution in [0.15, 0.2) is 59.5 Å². The summed E-state index contributed by atoms with van der Waals surface area (Å²) in [6, 6.07) is 17.1. The minimum Gasteiger partial charge on any atom is -0.388 e. The molecule has 0 saturated heterocycles. The number of hydrogen-bond acceptors (Lipinski definition) is 3. The van der Waals surface area contributed by atoms with Crippen LogP contribution in [0.1, 0.15) is 28.9 Å². The van der Waals surface area contributed by atoms with E-state index in [2.05, 4.69) is 0 Å². The Kier molecular flexibility index (Phi) is 4.77. The summed E-state index contributed by atoms with van der Waals surface area (Å²) in [6.45, 7) is 1.56. The third kappa shape index (κ3) is 3.94. The van der Waals surface area contributed by atoms with Crippen molar-refractivity contribution in [3.8, 4) is 0 Å². The average molecular weight is 272 g/mol. The molecule has 0 heterocycles. The molecule has 2 aromatic rings. The van der Waals surface area contributed by atoms with Crippen LogP contribution < -0.4 is 0 Å². The van der Waals surface area contributed by atoms with Crippen molar-refractivity contribution in [2.24, 2.45) is 0 Å². The Labute approximate surface area is 117 Å². The molecule has 0 amide bonds. The van der Waals surface area contributed by atoms with Crippen LogP contribution >= 0.6 is 11.8 Å². The predicted octanol–water partition coefficient (Wildman–Crippen LogP) is 3.71. The molecule has 0 aliphatic rings. The van der Waals surface area contributed by atoms with Crippen LogP contribution in [0.3, 0.4) is 0 Å². The van der Waals surface area contributed by atoms with Gasteiger partial charge in [-0.05, 0) is 24.6 Å². The van der Waals surface area contributed by atoms with E-state index in [1.54, 1.807) is 18.7 Å². The highest BCUT2D eigenvalue weighted by atomic mass is 32.2. The van der Waals surface area contributed by atoms with Crippen molar-refractivity contribution in [1.29, 1.82) is 0 Å². The number of carbonyl (C=O) groups is 1. The Balaban J connectivity index is 1.93. The number of hydrogen-bond donors (Lipinski definition) is 1. The molecule has 2 rings (SSSR count). The fraction of sp³-hybridized carbons (Fsp3) is 0.188. The van der Waals surface area contributed by atoms with Crippen molar-refractivity contribution in [2.45, 2.75) is 17.9 Å². The maximum atomic E-state index is 11.2. The van der Waals surface area contributed by atoms with Gasteiger partial charge in [0.1, 0.15) is 0 Å². The molecule has 0 fully saturated rings. The molecule has 0 bridgehead atoms. The van der Waals surface area contributed by atoms with E-state index in [0.29, 0.717) is 11.3 Å². The van der Waals surface area contributed by atoms with Crippen molar-refractivity contribution in [3.63, 3.8) is 0 Å². The van der Waals surface area contributed by atoms with Crippen LogP contribution in [0.4, 0.5) is 0 Å². The molecule has 0 aliphatic heterocycles. The normalized spacial score (nSPS) is 12.1. The lowest BCUT2D eigenvalue weighted by atomic mass is 10.1. The second-order valence-corrected chi connectivity index (χ2v) is 5.41. The number of aliphatic hydroxyl groups excluding tert-OH is 1. The van der Waals surface area contributed by atoms with Gasteiger partial charge < -0.3 is 5.11 Å². The molecule has 1 atom stereocenters. The number of aliphatic hydroxyl groups is 1. The molecular weight excluding hydrogens is 256 g/mol. The highest BCUT2D eigenvalue weighted by molar-refractivity contribution is 7.99. The van der Waals surface area contributed by atoms with Crippen LogP contribution in [0.2, 0.25) is 0 Å². The molecule has 0 radical (unpaired) electrons. The van der Waals surface area contributed by atoms with Crippen LogP contribution in [0, 0.1) is 0 Å². The van der Waals surface area contributed by atoms with Gasteiger partial charge in [-0.2, -0.15) is 0 Å². The number of Topliss-reactive ketones (excluding diaryl/α,β-unsaturated/α-hetero) is 1. The summed E-state index contributed by atoms with van der Waals surface area (Å²) in [5.74, 6) is 0.671. The lowest BCUT2D eigenvalue weighted by molar-refractivity contribution is 0.101. The lowest BCUT2D eigenvalue weighted by Gasteiger charge is -2.10. The summed E-state index contributed by atoms with van der Waals surface area (Å²) in [4.78, 5) is 12.2. The first-order valence-electron chi connectivity index (χ1n) is 6.13. The summed E-state index contributed by atoms with van der Waals surface area (Å²) < 4.78 is 0. The first-order chi connectivity index (χ1) is 9.16. The third-order valence-electron chi connectivity index (χ3n) is 2.85. The molecule has 1 unspecified atom stereocenters. The van der Waals surface area contributed by atoms with Gasteiger partial charge in [0.05, 0.1) is 6.10 Å². The van der Waals surface area contributed by atoms with Gasteiger partial charge in [0.2, 0.25) is 0 Å². The lowest BCUT2D eigenvalue weighted by Crippen LogP contribution is -2.00. The minimum atomic E-state index is -0.473. The second kappa shape index (κ2) is 6.55. The Morgan fingerprint density at radius 3 is 2.32 bits per heavy atom. The Bertz CT molecular complexity index is 534. The maximum absolute atomic E-state index is 11.2. The molecule has 0 spiro atoms. The molecule has 2 nitrogen and oxygen atoms in total. The van der Waals surface area contributed by atoms with E-state index < -0.39 is 6.10 Å². The highest BCUT2D eigenvalue weighted by Crippen LogP contribution is 2.24. The predicted molar refractivity (Wildman–Crippen MR) is 78.6 cm³/mol. The monoisotopic (exact) mass is 272 g/mol. The van der Waals surface area contributed by atoms with Crippen LogP contribution in [0.25, 0.3) is 0 Å². The number of thioether (sulfide) groups is 1. The van der Waals surface area contributed by atoms with Gasteiger partial charge in [0.15, 0.2) is 5.78 Å². The summed E-state index contributed by atoms with van der Waals surface area (Å²) in [6.07, 6.45) is -0.473. The van der Waals surface area contributed by atoms with Gasteiger partial charge >= 0.3 is 0 Å². The molecule has 19 heavy (non-hydrogen) atoms. The van der Waals surface area contributed by atoms with E-state index in [1.165, 1.54) is 0 Å². The van der Waals surface area contributed by atoms with Gasteiger partial charge in [-0.3, -0.25) is 4.79 Å². The fourth-order valence-corrected chi connectivity index (χ4v) is 2.60. The van der Waals surface area contributed by atoms with Crippen molar-refractivity contribution < 1.29 is 9.90 Å². The number of rotatable bonds is 5. The summed E-state index contributed by atoms with van der Waals surface area (Å²) in [5, 5.41) is 10.0. The Morgan fingerprint density at radius 2 is 1.74 bits per heavy atom. The molecule has 0 aromatic heterocycles. The maximum Gasteiger partial charge on any atom is 0.159 e.